The van der Waals surface area contributed by atoms with Gasteiger partial charge in [0.2, 0.25) is 29.5 Å². The number of phenols is 4. The quantitative estimate of drug-likeness (QED) is 0.0125. The number of methoxy groups -OCH3 is 4. The number of aliphatic hydroxyl groups excluding tert-OH is 2. The van der Waals surface area contributed by atoms with Crippen molar-refractivity contribution in [2.75, 3.05) is 74.3 Å². The summed E-state index contributed by atoms with van der Waals surface area (Å²) in [6.07, 6.45) is 47.0. The van der Waals surface area contributed by atoms with Crippen LogP contribution in [0.25, 0.3) is 0 Å². The van der Waals surface area contributed by atoms with Crippen LogP contribution in [0.3, 0.4) is 0 Å². The number of nitrogens with zero attached hydrogens (tertiary/aromatic N) is 1. The molecule has 22 heteroatoms. The molecular weight excluding hydrogens is 1600 g/mol. The fourth-order valence-corrected chi connectivity index (χ4v) is 19.3. The molecule has 7 fully saturated rings. The molecule has 1 saturated heterocycles. The maximum absolute atomic E-state index is 12.6. The molecule has 7 aliphatic rings. The van der Waals surface area contributed by atoms with Gasteiger partial charge in [0.25, 0.3) is 5.91 Å². The van der Waals surface area contributed by atoms with E-state index in [-0.39, 0.29) is 77.6 Å². The second kappa shape index (κ2) is 57.4. The van der Waals surface area contributed by atoms with Crippen LogP contribution in [0.1, 0.15) is 293 Å². The average molecular weight is 1760 g/mol. The number of unbranched alkanes of at least 4 members (excludes halogenated alkanes) is 14. The van der Waals surface area contributed by atoms with E-state index in [4.69, 9.17) is 18.9 Å². The van der Waals surface area contributed by atoms with Crippen LogP contribution >= 0.6 is 0 Å². The van der Waals surface area contributed by atoms with Crippen molar-refractivity contribution in [3.05, 3.63) is 165 Å². The highest BCUT2D eigenvalue weighted by Gasteiger charge is 2.51. The number of likely N-dealkylation sites (tertiary alicyclic amines) is 1. The number of aliphatic hydroxyl groups is 2. The fraction of sp³-hybridized carbons (Fsp3) is 0.600. The number of hydrogen-bond acceptors (Lipinski definition) is 16. The lowest BCUT2D eigenvalue weighted by molar-refractivity contribution is -0.129. The molecule has 127 heavy (non-hydrogen) atoms. The van der Waals surface area contributed by atoms with Crippen LogP contribution in [0.5, 0.6) is 46.0 Å². The summed E-state index contributed by atoms with van der Waals surface area (Å²) in [5, 5.41) is 70.9. The lowest BCUT2D eigenvalue weighted by Crippen LogP contribution is -2.48. The highest BCUT2D eigenvalue weighted by atomic mass is 16.5. The number of hydrogen-bond donors (Lipinski definition) is 11. The number of ether oxygens (including phenoxy) is 4. The highest BCUT2D eigenvalue weighted by Crippen LogP contribution is 2.61. The zero-order valence-electron chi connectivity index (χ0n) is 77.5. The molecule has 0 unspecified atom stereocenters. The summed E-state index contributed by atoms with van der Waals surface area (Å²) in [5.74, 6) is 7.16. The predicted molar refractivity (Wildman–Crippen MR) is 503 cm³/mol. The van der Waals surface area contributed by atoms with Gasteiger partial charge in [-0.05, 0) is 251 Å². The molecule has 0 radical (unpaired) electrons. The minimum atomic E-state index is -0.118. The van der Waals surface area contributed by atoms with Crippen molar-refractivity contribution in [3.63, 3.8) is 0 Å². The molecule has 22 nitrogen and oxygen atoms in total. The van der Waals surface area contributed by atoms with E-state index < -0.39 is 0 Å². The molecule has 6 aromatic rings. The molecule has 4 bridgehead atoms. The first kappa shape index (κ1) is 103. The summed E-state index contributed by atoms with van der Waals surface area (Å²) >= 11 is 0. The van der Waals surface area contributed by atoms with E-state index in [1.54, 1.807) is 40.6 Å². The van der Waals surface area contributed by atoms with E-state index in [1.165, 1.54) is 198 Å². The van der Waals surface area contributed by atoms with Gasteiger partial charge in [0.15, 0.2) is 46.0 Å². The molecule has 6 amide bonds. The normalized spacial score (nSPS) is 17.4. The van der Waals surface area contributed by atoms with Crippen molar-refractivity contribution in [1.82, 2.24) is 31.5 Å². The van der Waals surface area contributed by atoms with Crippen molar-refractivity contribution in [2.24, 2.45) is 40.9 Å². The van der Waals surface area contributed by atoms with Crippen molar-refractivity contribution < 1.29 is 78.4 Å². The van der Waals surface area contributed by atoms with Crippen molar-refractivity contribution in [2.45, 2.75) is 290 Å². The van der Waals surface area contributed by atoms with Gasteiger partial charge in [-0.3, -0.25) is 28.8 Å². The van der Waals surface area contributed by atoms with Gasteiger partial charge in [0.05, 0.1) is 41.7 Å². The summed E-state index contributed by atoms with van der Waals surface area (Å²) in [4.78, 5) is 74.9. The Morgan fingerprint density at radius 2 is 0.811 bits per heavy atom. The summed E-state index contributed by atoms with van der Waals surface area (Å²) in [6, 6.07) is 34.5. The Kier molecular flexibility index (Phi) is 46.5. The molecule has 0 spiro atoms. The number of rotatable bonds is 46. The van der Waals surface area contributed by atoms with Crippen molar-refractivity contribution in [3.8, 4) is 46.0 Å². The van der Waals surface area contributed by atoms with Gasteiger partial charge in [-0.25, -0.2) is 0 Å². The number of nitrogens with one attached hydrogen (secondary N) is 5. The third kappa shape index (κ3) is 37.6. The van der Waals surface area contributed by atoms with Gasteiger partial charge in [-0.15, -0.1) is 0 Å². The Balaban J connectivity index is 0.000000198. The number of benzene rings is 6. The Labute approximate surface area is 758 Å². The predicted octanol–water partition coefficient (Wildman–Crippen LogP) is 18.8. The van der Waals surface area contributed by atoms with Crippen molar-refractivity contribution >= 4 is 35.4 Å². The largest absolute Gasteiger partial charge is 0.504 e. The molecule has 13 rings (SSSR count). The van der Waals surface area contributed by atoms with Gasteiger partial charge < -0.3 is 81.1 Å². The van der Waals surface area contributed by atoms with Gasteiger partial charge in [-0.1, -0.05) is 196 Å². The van der Waals surface area contributed by atoms with Crippen molar-refractivity contribution in [1.29, 1.82) is 0 Å². The molecule has 700 valence electrons. The van der Waals surface area contributed by atoms with Crippen LogP contribution in [0, 0.1) is 47.8 Å². The third-order valence-corrected chi connectivity index (χ3v) is 26.6. The Bertz CT molecular complexity index is 4210. The van der Waals surface area contributed by atoms with E-state index in [0.29, 0.717) is 120 Å². The zero-order chi connectivity index (χ0) is 91.0. The third-order valence-electron chi connectivity index (χ3n) is 26.6. The van der Waals surface area contributed by atoms with Crippen LogP contribution in [-0.2, 0) is 69.3 Å². The number of amides is 6. The smallest absolute Gasteiger partial charge is 0.253 e. The molecular formula is C105H154N6O16. The molecule has 6 aromatic carbocycles. The molecule has 11 N–H and O–H groups in total. The lowest BCUT2D eigenvalue weighted by atomic mass is 9.49. The number of phenolic OH excluding ortho intramolecular Hbond substituents is 4. The van der Waals surface area contributed by atoms with E-state index in [2.05, 4.69) is 33.5 Å². The van der Waals surface area contributed by atoms with Crippen LogP contribution in [0.4, 0.5) is 0 Å². The minimum Gasteiger partial charge on any atom is -0.504 e. The number of carbonyl (C=O) groups excluding carboxylic acids is 6. The van der Waals surface area contributed by atoms with Crippen LogP contribution in [0.15, 0.2) is 115 Å². The second-order valence-corrected chi connectivity index (χ2v) is 36.7. The Morgan fingerprint density at radius 1 is 0.402 bits per heavy atom. The zero-order valence-corrected chi connectivity index (χ0v) is 77.5. The monoisotopic (exact) mass is 1760 g/mol. The highest BCUT2D eigenvalue weighted by molar-refractivity contribution is 5.94. The van der Waals surface area contributed by atoms with E-state index in [9.17, 15) is 59.4 Å². The average Bonchev–Trinajstić information content (AvgIpc) is 0.748. The maximum atomic E-state index is 12.6. The SMILES string of the molecule is CCCCCCCCCCCCCCCCCC(=O)NCCc1ccc(O)c(O)c1.COc1ccc(CCNC(=O)CC23CC4CC(CC(C4)C2)C3)cc1OC.COc1ccc(CCNC(=O)CCC2CCCCC2)cc1OC.Cc1ccc(C(=O)N2CCC(C(=O)NCCc3ccc(CO)c(CO)c3)CC2)cc1.O=C(CC1CCC1)NCCc1ccc(O)c(O)c1. The van der Waals surface area contributed by atoms with E-state index >= 15 is 0 Å². The molecule has 1 heterocycles. The molecule has 1 aliphatic heterocycles. The number of aromatic hydroxyl groups is 4. The van der Waals surface area contributed by atoms with E-state index in [0.717, 1.165) is 124 Å². The molecule has 0 aromatic heterocycles. The summed E-state index contributed by atoms with van der Waals surface area (Å²) in [6.45, 7) is 8.22. The summed E-state index contributed by atoms with van der Waals surface area (Å²) < 4.78 is 21.2. The first-order chi connectivity index (χ1) is 61.6. The topological polar surface area (TPSA) is 324 Å². The molecule has 6 aliphatic carbocycles. The van der Waals surface area contributed by atoms with Gasteiger partial charge in [0.1, 0.15) is 0 Å². The summed E-state index contributed by atoms with van der Waals surface area (Å²) in [5.41, 5.74) is 8.66. The first-order valence-electron chi connectivity index (χ1n) is 48.1. The van der Waals surface area contributed by atoms with Gasteiger partial charge >= 0.3 is 0 Å². The number of aryl methyl sites for hydroxylation is 1. The standard InChI is InChI=1S/C26H45NO3.C24H30N2O4.C22H31NO3.C19H29NO3.C14H19NO3/c1-2-3-4-5-6-7-8-9-10-11-12-13-14-15-16-17-26(30)27-21-20-23-18-19-24(28)25(29)22-23;1-17-2-5-20(6-3-17)24(30)26-12-9-19(10-13-26)23(29)25-11-8-18-4-7-21(15-27)22(14-18)16-28;1-25-19-4-3-15(10-20(19)26-2)5-6-23-21(24)14-22-11-16-7-17(12-22)9-18(8-16)13-22;1-22-17-10-8-16(14-18(17)23-2)12-13-20-19(21)11-9-15-6-4-3-5-7-15;16-12-5-4-11(8-13(12)17)6-7-15-14(18)9-10-2-1-3-10/h18-19,22,28-29H,2-17,20-21H2,1H3,(H,27,30);2-7,14,19,27-28H,8-13,15-16H2,1H3,(H,25,29);3-4,10,16-18H,5-9,11-14H2,1-2H3,(H,23,24);8,10,14-15H,3-7,9,11-13H2,1-2H3,(H,20,21);4-5,8,10,16-17H,1-3,6-7,9H2,(H,15,18). The van der Waals surface area contributed by atoms with Crippen LogP contribution < -0.4 is 45.5 Å². The maximum Gasteiger partial charge on any atom is 0.253 e. The summed E-state index contributed by atoms with van der Waals surface area (Å²) in [7, 11) is 6.55. The number of carbonyl (C=O) groups is 6. The minimum absolute atomic E-state index is 0.0277. The van der Waals surface area contributed by atoms with Gasteiger partial charge in [-0.2, -0.15) is 0 Å². The van der Waals surface area contributed by atoms with E-state index in [1.807, 2.05) is 90.7 Å². The molecule has 0 atom stereocenters. The first-order valence-corrected chi connectivity index (χ1v) is 48.1. The Morgan fingerprint density at radius 3 is 1.26 bits per heavy atom. The lowest BCUT2D eigenvalue weighted by Gasteiger charge is -2.56. The number of piperidine rings is 1. The fourth-order valence-electron chi connectivity index (χ4n) is 19.3. The van der Waals surface area contributed by atoms with Crippen LogP contribution in [-0.4, -0.2) is 145 Å². The van der Waals surface area contributed by atoms with Crippen LogP contribution in [0.2, 0.25) is 0 Å². The van der Waals surface area contributed by atoms with Gasteiger partial charge in [0, 0.05) is 83.0 Å². The Hall–Kier alpha value is -9.54. The second-order valence-electron chi connectivity index (χ2n) is 36.7. The molecule has 6 saturated carbocycles.